The lowest BCUT2D eigenvalue weighted by molar-refractivity contribution is 0.0659. The molecule has 0 N–H and O–H groups in total. The van der Waals surface area contributed by atoms with E-state index in [1.807, 2.05) is 38.0 Å². The SMILES string of the molecule is CN(C)C(=NCCN1C(=O)c2ccccc2C1=O)N(C)C. The largest absolute Gasteiger partial charge is 0.349 e. The van der Waals surface area contributed by atoms with Crippen LogP contribution < -0.4 is 0 Å². The van der Waals surface area contributed by atoms with Crippen LogP contribution in [-0.4, -0.2) is 73.8 Å². The van der Waals surface area contributed by atoms with Gasteiger partial charge in [0.05, 0.1) is 17.7 Å². The van der Waals surface area contributed by atoms with Gasteiger partial charge in [-0.1, -0.05) is 12.1 Å². The Labute approximate surface area is 124 Å². The number of fused-ring (bicyclic) bond motifs is 1. The van der Waals surface area contributed by atoms with Gasteiger partial charge in [0.15, 0.2) is 5.96 Å². The number of hydrogen-bond acceptors (Lipinski definition) is 3. The summed E-state index contributed by atoms with van der Waals surface area (Å²) in [5, 5.41) is 0. The highest BCUT2D eigenvalue weighted by Crippen LogP contribution is 2.21. The van der Waals surface area contributed by atoms with Gasteiger partial charge in [0, 0.05) is 34.7 Å². The van der Waals surface area contributed by atoms with Crippen LogP contribution in [0, 0.1) is 0 Å². The highest BCUT2D eigenvalue weighted by Gasteiger charge is 2.34. The first kappa shape index (κ1) is 15.0. The summed E-state index contributed by atoms with van der Waals surface area (Å²) in [7, 11) is 7.61. The molecule has 0 aromatic heterocycles. The molecule has 0 atom stereocenters. The Kier molecular flexibility index (Phi) is 4.26. The third kappa shape index (κ3) is 2.89. The maximum absolute atomic E-state index is 12.2. The maximum atomic E-state index is 12.2. The molecular weight excluding hydrogens is 268 g/mol. The average molecular weight is 288 g/mol. The minimum atomic E-state index is -0.234. The number of hydrogen-bond donors (Lipinski definition) is 0. The molecule has 0 unspecified atom stereocenters. The third-order valence-corrected chi connectivity index (χ3v) is 3.26. The van der Waals surface area contributed by atoms with E-state index >= 15 is 0 Å². The lowest BCUT2D eigenvalue weighted by atomic mass is 10.1. The molecule has 6 heteroatoms. The van der Waals surface area contributed by atoms with Gasteiger partial charge in [-0.25, -0.2) is 0 Å². The van der Waals surface area contributed by atoms with Crippen molar-refractivity contribution in [1.29, 1.82) is 0 Å². The Morgan fingerprint density at radius 1 is 1.00 bits per heavy atom. The predicted octanol–water partition coefficient (Wildman–Crippen LogP) is 0.762. The number of rotatable bonds is 3. The molecule has 0 saturated heterocycles. The summed E-state index contributed by atoms with van der Waals surface area (Å²) in [5.74, 6) is 0.329. The summed E-state index contributed by atoms with van der Waals surface area (Å²) >= 11 is 0. The van der Waals surface area contributed by atoms with Crippen molar-refractivity contribution in [2.45, 2.75) is 0 Å². The Hall–Kier alpha value is -2.37. The standard InChI is InChI=1S/C15H20N4O2/c1-17(2)15(18(3)4)16-9-10-19-13(20)11-7-5-6-8-12(11)14(19)21/h5-8H,9-10H2,1-4H3. The number of carbonyl (C=O) groups excluding carboxylic acids is 2. The molecule has 112 valence electrons. The van der Waals surface area contributed by atoms with Crippen LogP contribution in [0.3, 0.4) is 0 Å². The third-order valence-electron chi connectivity index (χ3n) is 3.26. The van der Waals surface area contributed by atoms with E-state index in [2.05, 4.69) is 4.99 Å². The molecule has 1 aromatic rings. The van der Waals surface area contributed by atoms with Gasteiger partial charge < -0.3 is 9.80 Å². The van der Waals surface area contributed by atoms with Crippen LogP contribution >= 0.6 is 0 Å². The topological polar surface area (TPSA) is 56.2 Å². The van der Waals surface area contributed by atoms with Gasteiger partial charge in [-0.3, -0.25) is 19.5 Å². The molecule has 0 spiro atoms. The van der Waals surface area contributed by atoms with Gasteiger partial charge >= 0.3 is 0 Å². The maximum Gasteiger partial charge on any atom is 0.261 e. The van der Waals surface area contributed by atoms with Crippen molar-refractivity contribution >= 4 is 17.8 Å². The van der Waals surface area contributed by atoms with Crippen LogP contribution in [0.1, 0.15) is 20.7 Å². The molecule has 1 aliphatic rings. The lowest BCUT2D eigenvalue weighted by Gasteiger charge is -2.23. The number of aliphatic imine (C=N–C) groups is 1. The number of nitrogens with zero attached hydrogens (tertiary/aromatic N) is 4. The minimum absolute atomic E-state index is 0.234. The molecule has 0 saturated carbocycles. The number of benzene rings is 1. The Morgan fingerprint density at radius 2 is 1.48 bits per heavy atom. The van der Waals surface area contributed by atoms with Crippen molar-refractivity contribution in [3.63, 3.8) is 0 Å². The van der Waals surface area contributed by atoms with Gasteiger partial charge in [-0.05, 0) is 12.1 Å². The zero-order chi connectivity index (χ0) is 15.6. The van der Waals surface area contributed by atoms with E-state index in [1.54, 1.807) is 24.3 Å². The minimum Gasteiger partial charge on any atom is -0.349 e. The monoisotopic (exact) mass is 288 g/mol. The van der Waals surface area contributed by atoms with Crippen molar-refractivity contribution in [1.82, 2.24) is 14.7 Å². The molecule has 0 fully saturated rings. The van der Waals surface area contributed by atoms with Crippen molar-refractivity contribution in [2.24, 2.45) is 4.99 Å². The van der Waals surface area contributed by atoms with Gasteiger partial charge in [0.2, 0.25) is 0 Å². The van der Waals surface area contributed by atoms with Gasteiger partial charge in [-0.15, -0.1) is 0 Å². The first-order valence-electron chi connectivity index (χ1n) is 6.77. The van der Waals surface area contributed by atoms with E-state index in [0.29, 0.717) is 17.7 Å². The molecule has 1 heterocycles. The summed E-state index contributed by atoms with van der Waals surface area (Å²) in [5.41, 5.74) is 0.957. The fourth-order valence-electron chi connectivity index (χ4n) is 2.38. The second kappa shape index (κ2) is 5.95. The molecule has 0 bridgehead atoms. The van der Waals surface area contributed by atoms with Gasteiger partial charge in [0.1, 0.15) is 0 Å². The molecule has 0 aliphatic carbocycles. The van der Waals surface area contributed by atoms with Crippen molar-refractivity contribution < 1.29 is 9.59 Å². The molecule has 2 amide bonds. The second-order valence-corrected chi connectivity index (χ2v) is 5.28. The summed E-state index contributed by atoms with van der Waals surface area (Å²) < 4.78 is 0. The number of carbonyl (C=O) groups is 2. The van der Waals surface area contributed by atoms with Gasteiger partial charge in [-0.2, -0.15) is 0 Å². The Bertz CT molecular complexity index is 548. The Balaban J connectivity index is 2.08. The molecule has 6 nitrogen and oxygen atoms in total. The van der Waals surface area contributed by atoms with E-state index in [-0.39, 0.29) is 18.4 Å². The molecule has 0 radical (unpaired) electrons. The first-order chi connectivity index (χ1) is 9.93. The second-order valence-electron chi connectivity index (χ2n) is 5.28. The van der Waals surface area contributed by atoms with E-state index in [1.165, 1.54) is 4.90 Å². The smallest absolute Gasteiger partial charge is 0.261 e. The predicted molar refractivity (Wildman–Crippen MR) is 81.5 cm³/mol. The van der Waals surface area contributed by atoms with E-state index in [4.69, 9.17) is 0 Å². The molecule has 1 aromatic carbocycles. The summed E-state index contributed by atoms with van der Waals surface area (Å²) in [6, 6.07) is 6.90. The van der Waals surface area contributed by atoms with E-state index in [9.17, 15) is 9.59 Å². The molecule has 2 rings (SSSR count). The molecular formula is C15H20N4O2. The number of imide groups is 1. The van der Waals surface area contributed by atoms with Crippen LogP contribution in [0.2, 0.25) is 0 Å². The Morgan fingerprint density at radius 3 is 1.90 bits per heavy atom. The van der Waals surface area contributed by atoms with Crippen LogP contribution in [-0.2, 0) is 0 Å². The average Bonchev–Trinajstić information content (AvgIpc) is 2.67. The summed E-state index contributed by atoms with van der Waals surface area (Å²) in [4.78, 5) is 33.9. The van der Waals surface area contributed by atoms with Crippen molar-refractivity contribution in [3.05, 3.63) is 35.4 Å². The van der Waals surface area contributed by atoms with Crippen LogP contribution in [0.25, 0.3) is 0 Å². The zero-order valence-electron chi connectivity index (χ0n) is 12.8. The number of amides is 2. The quantitative estimate of drug-likeness (QED) is 0.468. The zero-order valence-corrected chi connectivity index (χ0v) is 12.8. The summed E-state index contributed by atoms with van der Waals surface area (Å²) in [6.07, 6.45) is 0. The molecule has 21 heavy (non-hydrogen) atoms. The summed E-state index contributed by atoms with van der Waals surface area (Å²) in [6.45, 7) is 0.675. The highest BCUT2D eigenvalue weighted by atomic mass is 16.2. The van der Waals surface area contributed by atoms with Crippen LogP contribution in [0.4, 0.5) is 0 Å². The van der Waals surface area contributed by atoms with Crippen molar-refractivity contribution in [2.75, 3.05) is 41.3 Å². The fourth-order valence-corrected chi connectivity index (χ4v) is 2.38. The highest BCUT2D eigenvalue weighted by molar-refractivity contribution is 6.21. The van der Waals surface area contributed by atoms with E-state index in [0.717, 1.165) is 5.96 Å². The fraction of sp³-hybridized carbons (Fsp3) is 0.400. The van der Waals surface area contributed by atoms with Gasteiger partial charge in [0.25, 0.3) is 11.8 Å². The van der Waals surface area contributed by atoms with E-state index < -0.39 is 0 Å². The number of guanidine groups is 1. The normalized spacial score (nSPS) is 13.2. The van der Waals surface area contributed by atoms with Crippen molar-refractivity contribution in [3.8, 4) is 0 Å². The van der Waals surface area contributed by atoms with Crippen LogP contribution in [0.5, 0.6) is 0 Å². The first-order valence-corrected chi connectivity index (χ1v) is 6.77. The lowest BCUT2D eigenvalue weighted by Crippen LogP contribution is -2.37. The molecule has 1 aliphatic heterocycles. The van der Waals surface area contributed by atoms with Crippen LogP contribution in [0.15, 0.2) is 29.3 Å².